The molecule has 4 heterocycles. The molecule has 2 aliphatic rings. The number of aromatic nitrogens is 4. The van der Waals surface area contributed by atoms with Gasteiger partial charge in [0.1, 0.15) is 18.3 Å². The van der Waals surface area contributed by atoms with Gasteiger partial charge in [0.2, 0.25) is 5.95 Å². The zero-order valence-electron chi connectivity index (χ0n) is 13.0. The average Bonchev–Trinajstić information content (AvgIpc) is 3.28. The van der Waals surface area contributed by atoms with Crippen LogP contribution in [0.25, 0.3) is 11.2 Å². The number of hydrogen-bond donors (Lipinski definition) is 4. The summed E-state index contributed by atoms with van der Waals surface area (Å²) in [6.07, 6.45) is -0.496. The molecular formula is C14H20N6O4. The van der Waals surface area contributed by atoms with Crippen LogP contribution < -0.4 is 10.6 Å². The molecule has 0 bridgehead atoms. The summed E-state index contributed by atoms with van der Waals surface area (Å²) in [5.74, 6) is 0.776. The van der Waals surface area contributed by atoms with Crippen molar-refractivity contribution < 1.29 is 20.1 Å². The van der Waals surface area contributed by atoms with Gasteiger partial charge in [0.25, 0.3) is 0 Å². The van der Waals surface area contributed by atoms with Crippen LogP contribution in [0.5, 0.6) is 0 Å². The molecule has 0 spiro atoms. The highest BCUT2D eigenvalue weighted by Crippen LogP contribution is 2.33. The minimum atomic E-state index is -1.20. The number of aliphatic hydroxyl groups is 3. The first kappa shape index (κ1) is 15.5. The molecule has 130 valence electrons. The zero-order chi connectivity index (χ0) is 16.8. The number of imidazole rings is 1. The van der Waals surface area contributed by atoms with Crippen molar-refractivity contribution in [2.75, 3.05) is 30.3 Å². The molecule has 0 amide bonds. The Hall–Kier alpha value is -2.01. The summed E-state index contributed by atoms with van der Waals surface area (Å²) < 4.78 is 7.08. The monoisotopic (exact) mass is 336 g/mol. The molecule has 2 saturated heterocycles. The maximum Gasteiger partial charge on any atom is 0.224 e. The normalized spacial score (nSPS) is 30.5. The van der Waals surface area contributed by atoms with Crippen LogP contribution in [0.1, 0.15) is 19.1 Å². The third kappa shape index (κ3) is 2.30. The number of nitrogens with two attached hydrogens (primary N) is 1. The lowest BCUT2D eigenvalue weighted by molar-refractivity contribution is -0.0511. The summed E-state index contributed by atoms with van der Waals surface area (Å²) in [6.45, 7) is 1.37. The highest BCUT2D eigenvalue weighted by atomic mass is 16.6. The van der Waals surface area contributed by atoms with Gasteiger partial charge in [0, 0.05) is 13.1 Å². The van der Waals surface area contributed by atoms with E-state index in [2.05, 4.69) is 19.9 Å². The van der Waals surface area contributed by atoms with Crippen molar-refractivity contribution in [1.29, 1.82) is 0 Å². The molecule has 10 nitrogen and oxygen atoms in total. The lowest BCUT2D eigenvalue weighted by atomic mass is 10.1. The van der Waals surface area contributed by atoms with Crippen LogP contribution in [0.4, 0.5) is 11.8 Å². The van der Waals surface area contributed by atoms with Crippen LogP contribution in [-0.2, 0) is 4.74 Å². The van der Waals surface area contributed by atoms with E-state index in [9.17, 15) is 15.3 Å². The van der Waals surface area contributed by atoms with E-state index in [0.29, 0.717) is 17.0 Å². The highest BCUT2D eigenvalue weighted by Gasteiger charge is 2.44. The lowest BCUT2D eigenvalue weighted by Gasteiger charge is -2.19. The number of ether oxygens (including phenoxy) is 1. The summed E-state index contributed by atoms with van der Waals surface area (Å²) in [5, 5.41) is 29.4. The lowest BCUT2D eigenvalue weighted by Crippen LogP contribution is -2.33. The second-order valence-electron chi connectivity index (χ2n) is 6.15. The molecule has 0 saturated carbocycles. The van der Waals surface area contributed by atoms with E-state index in [4.69, 9.17) is 10.5 Å². The Labute approximate surface area is 137 Å². The number of aliphatic hydroxyl groups excluding tert-OH is 3. The van der Waals surface area contributed by atoms with E-state index < -0.39 is 31.1 Å². The Kier molecular flexibility index (Phi) is 3.76. The highest BCUT2D eigenvalue weighted by molar-refractivity contribution is 5.85. The fourth-order valence-corrected chi connectivity index (χ4v) is 3.36. The van der Waals surface area contributed by atoms with E-state index >= 15 is 0 Å². The van der Waals surface area contributed by atoms with Crippen molar-refractivity contribution in [2.24, 2.45) is 0 Å². The van der Waals surface area contributed by atoms with Crippen molar-refractivity contribution >= 4 is 22.9 Å². The summed E-state index contributed by atoms with van der Waals surface area (Å²) in [7, 11) is 0. The molecule has 2 fully saturated rings. The number of hydrogen-bond acceptors (Lipinski definition) is 9. The largest absolute Gasteiger partial charge is 0.394 e. The summed E-state index contributed by atoms with van der Waals surface area (Å²) in [4.78, 5) is 15.0. The molecule has 4 rings (SSSR count). The Balaban J connectivity index is 1.78. The van der Waals surface area contributed by atoms with Crippen LogP contribution in [0, 0.1) is 0 Å². The molecule has 5 N–H and O–H groups in total. The number of nitrogen functional groups attached to an aromatic ring is 1. The van der Waals surface area contributed by atoms with Crippen LogP contribution in [0.3, 0.4) is 0 Å². The van der Waals surface area contributed by atoms with Gasteiger partial charge < -0.3 is 30.7 Å². The zero-order valence-corrected chi connectivity index (χ0v) is 13.0. The smallest absolute Gasteiger partial charge is 0.224 e. The minimum absolute atomic E-state index is 0.109. The van der Waals surface area contributed by atoms with Crippen molar-refractivity contribution in [3.63, 3.8) is 0 Å². The third-order valence-corrected chi connectivity index (χ3v) is 4.62. The second kappa shape index (κ2) is 5.81. The first-order valence-electron chi connectivity index (χ1n) is 7.97. The van der Waals surface area contributed by atoms with Gasteiger partial charge in [-0.15, -0.1) is 0 Å². The van der Waals surface area contributed by atoms with Gasteiger partial charge in [-0.05, 0) is 12.8 Å². The van der Waals surface area contributed by atoms with Gasteiger partial charge in [-0.25, -0.2) is 4.98 Å². The molecule has 2 aromatic rings. The van der Waals surface area contributed by atoms with E-state index in [1.807, 2.05) is 0 Å². The predicted octanol–water partition coefficient (Wildman–Crippen LogP) is -1.38. The fraction of sp³-hybridized carbons (Fsp3) is 0.643. The number of anilines is 2. The van der Waals surface area contributed by atoms with Gasteiger partial charge in [-0.1, -0.05) is 0 Å². The van der Waals surface area contributed by atoms with Gasteiger partial charge in [-0.3, -0.25) is 4.57 Å². The van der Waals surface area contributed by atoms with Crippen LogP contribution in [0.15, 0.2) is 6.33 Å². The Morgan fingerprint density at radius 3 is 2.62 bits per heavy atom. The topological polar surface area (TPSA) is 143 Å². The maximum absolute atomic E-state index is 10.2. The molecule has 2 aromatic heterocycles. The molecule has 0 aliphatic carbocycles. The molecule has 1 unspecified atom stereocenters. The van der Waals surface area contributed by atoms with Gasteiger partial charge in [0.05, 0.1) is 12.9 Å². The van der Waals surface area contributed by atoms with Crippen molar-refractivity contribution in [3.8, 4) is 0 Å². The van der Waals surface area contributed by atoms with Crippen molar-refractivity contribution in [1.82, 2.24) is 19.5 Å². The fourth-order valence-electron chi connectivity index (χ4n) is 3.36. The summed E-state index contributed by atoms with van der Waals surface area (Å²) >= 11 is 0. The molecule has 10 heteroatoms. The average molecular weight is 336 g/mol. The Morgan fingerprint density at radius 2 is 1.96 bits per heavy atom. The van der Waals surface area contributed by atoms with Gasteiger partial charge in [0.15, 0.2) is 23.2 Å². The number of rotatable bonds is 3. The van der Waals surface area contributed by atoms with E-state index in [1.165, 1.54) is 10.9 Å². The first-order chi connectivity index (χ1) is 11.6. The van der Waals surface area contributed by atoms with E-state index in [1.54, 1.807) is 0 Å². The van der Waals surface area contributed by atoms with Gasteiger partial charge in [-0.2, -0.15) is 9.97 Å². The number of nitrogens with zero attached hydrogens (tertiary/aromatic N) is 5. The van der Waals surface area contributed by atoms with Gasteiger partial charge >= 0.3 is 0 Å². The maximum atomic E-state index is 10.2. The molecule has 24 heavy (non-hydrogen) atoms. The molecule has 2 aliphatic heterocycles. The molecular weight excluding hydrogens is 316 g/mol. The Morgan fingerprint density at radius 1 is 1.21 bits per heavy atom. The quantitative estimate of drug-likeness (QED) is 0.533. The molecule has 0 radical (unpaired) electrons. The van der Waals surface area contributed by atoms with E-state index in [-0.39, 0.29) is 5.95 Å². The predicted molar refractivity (Wildman–Crippen MR) is 84.2 cm³/mol. The molecule has 4 atom stereocenters. The summed E-state index contributed by atoms with van der Waals surface area (Å²) in [6, 6.07) is 0. The molecule has 0 aromatic carbocycles. The third-order valence-electron chi connectivity index (χ3n) is 4.62. The van der Waals surface area contributed by atoms with Crippen LogP contribution >= 0.6 is 0 Å². The van der Waals surface area contributed by atoms with Crippen LogP contribution in [0.2, 0.25) is 0 Å². The minimum Gasteiger partial charge on any atom is -0.394 e. The summed E-state index contributed by atoms with van der Waals surface area (Å²) in [5.41, 5.74) is 6.85. The Bertz CT molecular complexity index is 746. The van der Waals surface area contributed by atoms with Crippen LogP contribution in [-0.4, -0.2) is 72.8 Å². The number of fused-ring (bicyclic) bond motifs is 1. The SMILES string of the molecule is Nc1nc(N2CCCC2)c2ncn(C3O[C@H](CO)[C@@H](O)[C@H]3O)c2n1. The standard InChI is InChI=1S/C14H20N6O4/c15-14-17-11(19-3-1-2-4-19)8-12(18-14)20(6-16-8)13-10(23)9(22)7(5-21)24-13/h6-7,9-10,13,21-23H,1-5H2,(H2,15,17,18)/t7-,9-,10-,13?/m1/s1. The van der Waals surface area contributed by atoms with Crippen molar-refractivity contribution in [3.05, 3.63) is 6.33 Å². The first-order valence-corrected chi connectivity index (χ1v) is 7.97. The van der Waals surface area contributed by atoms with E-state index in [0.717, 1.165) is 25.9 Å². The second-order valence-corrected chi connectivity index (χ2v) is 6.15. The van der Waals surface area contributed by atoms with Crippen molar-refractivity contribution in [2.45, 2.75) is 37.4 Å².